The number of unbranched alkanes of at least 4 members (excludes halogenated alkanes) is 3. The lowest BCUT2D eigenvalue weighted by Crippen LogP contribution is -1.97. The van der Waals surface area contributed by atoms with Gasteiger partial charge in [0.25, 0.3) is 10.1 Å². The fourth-order valence-electron chi connectivity index (χ4n) is 2.52. The maximum atomic E-state index is 11.3. The minimum absolute atomic E-state index is 0.0241. The van der Waals surface area contributed by atoms with Crippen LogP contribution in [-0.4, -0.2) is 28.3 Å². The van der Waals surface area contributed by atoms with E-state index in [2.05, 4.69) is 17.2 Å². The zero-order chi connectivity index (χ0) is 20.9. The Balaban J connectivity index is 2.34. The molecule has 4 N–H and O–H groups in total. The Bertz CT molecular complexity index is 992. The van der Waals surface area contributed by atoms with Crippen molar-refractivity contribution in [3.8, 4) is 17.2 Å². The van der Waals surface area contributed by atoms with Gasteiger partial charge in [-0.15, -0.1) is 10.2 Å². The molecule has 2 rings (SSSR count). The summed E-state index contributed by atoms with van der Waals surface area (Å²) < 4.78 is 31.7. The summed E-state index contributed by atoms with van der Waals surface area (Å²) in [6.07, 6.45) is 4.60. The van der Waals surface area contributed by atoms with Crippen LogP contribution in [-0.2, 0) is 16.5 Å². The van der Waals surface area contributed by atoms with E-state index in [0.29, 0.717) is 12.0 Å². The van der Waals surface area contributed by atoms with E-state index in [0.717, 1.165) is 43.9 Å². The van der Waals surface area contributed by atoms with Crippen LogP contribution in [0.2, 0.25) is 5.02 Å². The van der Waals surface area contributed by atoms with Gasteiger partial charge >= 0.3 is 0 Å². The third-order valence-electron chi connectivity index (χ3n) is 4.06. The van der Waals surface area contributed by atoms with Gasteiger partial charge in [-0.3, -0.25) is 4.55 Å². The van der Waals surface area contributed by atoms with Gasteiger partial charge in [0, 0.05) is 6.07 Å². The van der Waals surface area contributed by atoms with Gasteiger partial charge in [0.15, 0.2) is 5.75 Å². The maximum Gasteiger partial charge on any atom is 0.294 e. The van der Waals surface area contributed by atoms with Gasteiger partial charge in [0.2, 0.25) is 0 Å². The third kappa shape index (κ3) is 5.57. The van der Waals surface area contributed by atoms with Crippen molar-refractivity contribution < 1.29 is 28.3 Å². The molecule has 0 aliphatic carbocycles. The smallest absolute Gasteiger partial charge is 0.294 e. The Morgan fingerprint density at radius 3 is 2.25 bits per heavy atom. The minimum Gasteiger partial charge on any atom is -0.508 e. The SMILES string of the molecule is CCCCCCc1cc(N=Nc2cc(S(=O)(=O)O)cc(Cl)c2O)c(O)cc1O. The number of aromatic hydroxyl groups is 3. The minimum atomic E-state index is -4.56. The first kappa shape index (κ1) is 21.9. The zero-order valence-electron chi connectivity index (χ0n) is 15.1. The van der Waals surface area contributed by atoms with Gasteiger partial charge in [0.1, 0.15) is 22.9 Å². The molecule has 2 aromatic carbocycles. The van der Waals surface area contributed by atoms with E-state index in [1.54, 1.807) is 0 Å². The molecular formula is C18H21ClN2O6S. The van der Waals surface area contributed by atoms with E-state index in [1.165, 1.54) is 6.07 Å². The number of halogens is 1. The van der Waals surface area contributed by atoms with Crippen LogP contribution in [0.15, 0.2) is 39.4 Å². The highest BCUT2D eigenvalue weighted by atomic mass is 35.5. The van der Waals surface area contributed by atoms with Gasteiger partial charge in [-0.05, 0) is 36.6 Å². The summed E-state index contributed by atoms with van der Waals surface area (Å²) in [5, 5.41) is 37.1. The van der Waals surface area contributed by atoms with Gasteiger partial charge in [0.05, 0.1) is 9.92 Å². The van der Waals surface area contributed by atoms with Crippen molar-refractivity contribution in [3.05, 3.63) is 34.9 Å². The largest absolute Gasteiger partial charge is 0.508 e. The Labute approximate surface area is 167 Å². The summed E-state index contributed by atoms with van der Waals surface area (Å²) in [6, 6.07) is 4.37. The highest BCUT2D eigenvalue weighted by molar-refractivity contribution is 7.85. The molecule has 0 amide bonds. The monoisotopic (exact) mass is 428 g/mol. The van der Waals surface area contributed by atoms with Crippen molar-refractivity contribution in [1.29, 1.82) is 0 Å². The van der Waals surface area contributed by atoms with Crippen LogP contribution < -0.4 is 0 Å². The first-order valence-electron chi connectivity index (χ1n) is 8.60. The number of hydrogen-bond donors (Lipinski definition) is 4. The quantitative estimate of drug-likeness (QED) is 0.257. The van der Waals surface area contributed by atoms with Crippen LogP contribution in [0.1, 0.15) is 38.2 Å². The summed E-state index contributed by atoms with van der Waals surface area (Å²) in [4.78, 5) is -0.559. The number of phenols is 3. The average molecular weight is 429 g/mol. The van der Waals surface area contributed by atoms with Crippen molar-refractivity contribution in [2.75, 3.05) is 0 Å². The Morgan fingerprint density at radius 1 is 0.929 bits per heavy atom. The molecule has 152 valence electrons. The Kier molecular flexibility index (Phi) is 7.22. The number of phenolic OH excluding ortho intramolecular Hbond substituents is 3. The fraction of sp³-hybridized carbons (Fsp3) is 0.333. The summed E-state index contributed by atoms with van der Waals surface area (Å²) in [5.74, 6) is -0.932. The van der Waals surface area contributed by atoms with Crippen molar-refractivity contribution in [1.82, 2.24) is 0 Å². The average Bonchev–Trinajstić information content (AvgIpc) is 2.61. The number of hydrogen-bond acceptors (Lipinski definition) is 7. The normalized spacial score (nSPS) is 12.0. The first-order chi connectivity index (χ1) is 13.1. The van der Waals surface area contributed by atoms with Gasteiger partial charge in [-0.25, -0.2) is 0 Å². The lowest BCUT2D eigenvalue weighted by molar-refractivity contribution is 0.445. The standard InChI is InChI=1S/C18H21ClN2O6S/c1-2-3-4-5-6-11-7-14(17(23)10-16(11)22)20-21-15-9-12(28(25,26)27)8-13(19)18(15)24/h7-10,22-24H,2-6H2,1H3,(H,25,26,27). The molecule has 0 saturated heterocycles. The highest BCUT2D eigenvalue weighted by Crippen LogP contribution is 2.39. The van der Waals surface area contributed by atoms with E-state index in [1.807, 2.05) is 0 Å². The van der Waals surface area contributed by atoms with E-state index < -0.39 is 20.8 Å². The molecule has 0 unspecified atom stereocenters. The molecular weight excluding hydrogens is 408 g/mol. The molecule has 0 bridgehead atoms. The number of rotatable bonds is 8. The van der Waals surface area contributed by atoms with Crippen molar-refractivity contribution >= 4 is 33.1 Å². The molecule has 0 atom stereocenters. The van der Waals surface area contributed by atoms with Gasteiger partial charge in [-0.1, -0.05) is 37.8 Å². The van der Waals surface area contributed by atoms with Crippen molar-refractivity contribution in [2.24, 2.45) is 10.2 Å². The van der Waals surface area contributed by atoms with E-state index in [4.69, 9.17) is 16.2 Å². The van der Waals surface area contributed by atoms with Crippen LogP contribution >= 0.6 is 11.6 Å². The fourth-order valence-corrected chi connectivity index (χ4v) is 3.33. The molecule has 0 spiro atoms. The number of aryl methyl sites for hydroxylation is 1. The lowest BCUT2D eigenvalue weighted by Gasteiger charge is -2.08. The number of nitrogens with zero attached hydrogens (tertiary/aromatic N) is 2. The molecule has 8 nitrogen and oxygen atoms in total. The Hall–Kier alpha value is -2.36. The Morgan fingerprint density at radius 2 is 1.61 bits per heavy atom. The predicted molar refractivity (Wildman–Crippen MR) is 105 cm³/mol. The molecule has 0 aromatic heterocycles. The molecule has 0 aliphatic rings. The molecule has 28 heavy (non-hydrogen) atoms. The maximum absolute atomic E-state index is 11.3. The predicted octanol–water partition coefficient (Wildman–Crippen LogP) is 5.24. The first-order valence-corrected chi connectivity index (χ1v) is 10.4. The highest BCUT2D eigenvalue weighted by Gasteiger charge is 2.16. The molecule has 10 heteroatoms. The molecule has 0 saturated carbocycles. The molecule has 0 radical (unpaired) electrons. The third-order valence-corrected chi connectivity index (χ3v) is 5.18. The summed E-state index contributed by atoms with van der Waals surface area (Å²) in [7, 11) is -4.56. The van der Waals surface area contributed by atoms with E-state index in [9.17, 15) is 23.7 Å². The summed E-state index contributed by atoms with van der Waals surface area (Å²) >= 11 is 5.76. The van der Waals surface area contributed by atoms with E-state index in [-0.39, 0.29) is 27.9 Å². The summed E-state index contributed by atoms with van der Waals surface area (Å²) in [6.45, 7) is 2.09. The van der Waals surface area contributed by atoms with Crippen molar-refractivity contribution in [3.63, 3.8) is 0 Å². The van der Waals surface area contributed by atoms with Crippen LogP contribution in [0.3, 0.4) is 0 Å². The molecule has 0 aliphatic heterocycles. The number of benzene rings is 2. The second-order valence-electron chi connectivity index (χ2n) is 6.23. The van der Waals surface area contributed by atoms with Crippen LogP contribution in [0.5, 0.6) is 17.2 Å². The van der Waals surface area contributed by atoms with Gasteiger partial charge < -0.3 is 15.3 Å². The van der Waals surface area contributed by atoms with Crippen LogP contribution in [0.4, 0.5) is 11.4 Å². The van der Waals surface area contributed by atoms with Gasteiger partial charge in [-0.2, -0.15) is 8.42 Å². The van der Waals surface area contributed by atoms with E-state index >= 15 is 0 Å². The topological polar surface area (TPSA) is 140 Å². The molecule has 0 heterocycles. The molecule has 0 fully saturated rings. The number of azo groups is 1. The van der Waals surface area contributed by atoms with Crippen molar-refractivity contribution in [2.45, 2.75) is 43.9 Å². The van der Waals surface area contributed by atoms with Crippen LogP contribution in [0.25, 0.3) is 0 Å². The lowest BCUT2D eigenvalue weighted by atomic mass is 10.0. The summed E-state index contributed by atoms with van der Waals surface area (Å²) in [5.41, 5.74) is 0.296. The second-order valence-corrected chi connectivity index (χ2v) is 8.06. The second kappa shape index (κ2) is 9.22. The zero-order valence-corrected chi connectivity index (χ0v) is 16.7. The van der Waals surface area contributed by atoms with Crippen LogP contribution in [0, 0.1) is 0 Å². The molecule has 2 aromatic rings.